The molecule has 1 aliphatic heterocycles. The first-order valence-electron chi connectivity index (χ1n) is 9.93. The van der Waals surface area contributed by atoms with E-state index in [0.717, 1.165) is 43.7 Å². The Morgan fingerprint density at radius 1 is 1.20 bits per heavy atom. The normalized spacial score (nSPS) is 18.8. The Balaban J connectivity index is 2.32. The molecule has 3 nitrogen and oxygen atoms in total. The standard InChI is InChI=1S/C22H41N3/c1-9-10-11-17(2)14-18(3)23-24-20(5)21-12-13-25(16-21)19(4)15-22(6,7)8/h17,21,23-24H,3-5,9-16H2,1-2,6-8H3. The third-order valence-electron chi connectivity index (χ3n) is 4.91. The zero-order valence-electron chi connectivity index (χ0n) is 17.4. The van der Waals surface area contributed by atoms with E-state index in [1.54, 1.807) is 0 Å². The molecule has 0 aromatic heterocycles. The topological polar surface area (TPSA) is 27.3 Å². The summed E-state index contributed by atoms with van der Waals surface area (Å²) in [4.78, 5) is 2.42. The van der Waals surface area contributed by atoms with Crippen molar-refractivity contribution in [3.8, 4) is 0 Å². The lowest BCUT2D eigenvalue weighted by atomic mass is 9.90. The van der Waals surface area contributed by atoms with Crippen LogP contribution in [0.2, 0.25) is 0 Å². The van der Waals surface area contributed by atoms with Crippen LogP contribution in [0.15, 0.2) is 36.8 Å². The molecule has 144 valence electrons. The molecule has 3 heteroatoms. The second-order valence-corrected chi connectivity index (χ2v) is 9.07. The van der Waals surface area contributed by atoms with Gasteiger partial charge in [-0.3, -0.25) is 0 Å². The van der Waals surface area contributed by atoms with Gasteiger partial charge in [0.25, 0.3) is 0 Å². The molecule has 0 aromatic carbocycles. The molecule has 0 aromatic rings. The van der Waals surface area contributed by atoms with Crippen LogP contribution in [0, 0.1) is 17.3 Å². The fourth-order valence-electron chi connectivity index (χ4n) is 3.45. The van der Waals surface area contributed by atoms with E-state index in [4.69, 9.17) is 0 Å². The minimum Gasteiger partial charge on any atom is -0.375 e. The summed E-state index contributed by atoms with van der Waals surface area (Å²) in [7, 11) is 0. The molecular weight excluding hydrogens is 306 g/mol. The first-order valence-corrected chi connectivity index (χ1v) is 9.93. The van der Waals surface area contributed by atoms with Crippen molar-refractivity contribution in [3.63, 3.8) is 0 Å². The highest BCUT2D eigenvalue weighted by atomic mass is 15.4. The second kappa shape index (κ2) is 9.94. The largest absolute Gasteiger partial charge is 0.375 e. The zero-order chi connectivity index (χ0) is 19.0. The Hall–Kier alpha value is -1.38. The van der Waals surface area contributed by atoms with Crippen molar-refractivity contribution in [2.24, 2.45) is 17.3 Å². The summed E-state index contributed by atoms with van der Waals surface area (Å²) in [6, 6.07) is 0. The van der Waals surface area contributed by atoms with Gasteiger partial charge in [-0.05, 0) is 30.6 Å². The van der Waals surface area contributed by atoms with Gasteiger partial charge in [-0.1, -0.05) is 73.6 Å². The molecule has 2 N–H and O–H groups in total. The monoisotopic (exact) mass is 347 g/mol. The maximum absolute atomic E-state index is 4.29. The predicted octanol–water partition coefficient (Wildman–Crippen LogP) is 5.60. The quantitative estimate of drug-likeness (QED) is 0.477. The van der Waals surface area contributed by atoms with Crippen molar-refractivity contribution in [2.45, 2.75) is 73.1 Å². The van der Waals surface area contributed by atoms with Gasteiger partial charge in [0.1, 0.15) is 0 Å². The van der Waals surface area contributed by atoms with Crippen molar-refractivity contribution in [1.29, 1.82) is 0 Å². The van der Waals surface area contributed by atoms with Gasteiger partial charge in [-0.15, -0.1) is 0 Å². The van der Waals surface area contributed by atoms with Crippen molar-refractivity contribution >= 4 is 0 Å². The molecule has 0 saturated carbocycles. The van der Waals surface area contributed by atoms with Gasteiger partial charge in [-0.25, -0.2) is 0 Å². The van der Waals surface area contributed by atoms with E-state index in [1.807, 2.05) is 0 Å². The summed E-state index contributed by atoms with van der Waals surface area (Å²) in [6.45, 7) is 26.1. The number of rotatable bonds is 11. The van der Waals surface area contributed by atoms with Gasteiger partial charge in [0.2, 0.25) is 0 Å². The highest BCUT2D eigenvalue weighted by molar-refractivity contribution is 5.08. The average molecular weight is 348 g/mol. The number of nitrogens with one attached hydrogen (secondary N) is 2. The van der Waals surface area contributed by atoms with Crippen LogP contribution < -0.4 is 10.9 Å². The summed E-state index contributed by atoms with van der Waals surface area (Å²) in [5.41, 5.74) is 10.2. The van der Waals surface area contributed by atoms with E-state index < -0.39 is 0 Å². The second-order valence-electron chi connectivity index (χ2n) is 9.07. The Kier molecular flexibility index (Phi) is 8.61. The van der Waals surface area contributed by atoms with Gasteiger partial charge in [-0.2, -0.15) is 0 Å². The van der Waals surface area contributed by atoms with E-state index in [1.165, 1.54) is 25.0 Å². The van der Waals surface area contributed by atoms with E-state index in [-0.39, 0.29) is 5.41 Å². The minimum absolute atomic E-state index is 0.290. The van der Waals surface area contributed by atoms with Crippen molar-refractivity contribution in [3.05, 3.63) is 36.8 Å². The van der Waals surface area contributed by atoms with Crippen LogP contribution >= 0.6 is 0 Å². The Bertz CT molecular complexity index is 458. The number of hydrogen-bond donors (Lipinski definition) is 2. The molecule has 1 fully saturated rings. The molecule has 1 heterocycles. The van der Waals surface area contributed by atoms with Crippen molar-refractivity contribution in [2.75, 3.05) is 13.1 Å². The fraction of sp³-hybridized carbons (Fsp3) is 0.727. The summed E-state index contributed by atoms with van der Waals surface area (Å²) >= 11 is 0. The third-order valence-corrected chi connectivity index (χ3v) is 4.91. The van der Waals surface area contributed by atoms with Crippen LogP contribution in [0.4, 0.5) is 0 Å². The summed E-state index contributed by atoms with van der Waals surface area (Å²) in [6.07, 6.45) is 7.02. The lowest BCUT2D eigenvalue weighted by Gasteiger charge is -2.27. The first kappa shape index (κ1) is 21.7. The van der Waals surface area contributed by atoms with Crippen molar-refractivity contribution < 1.29 is 0 Å². The molecule has 2 unspecified atom stereocenters. The molecule has 25 heavy (non-hydrogen) atoms. The molecule has 1 aliphatic rings. The highest BCUT2D eigenvalue weighted by Gasteiger charge is 2.27. The van der Waals surface area contributed by atoms with Gasteiger partial charge in [0.15, 0.2) is 0 Å². The molecule has 1 saturated heterocycles. The van der Waals surface area contributed by atoms with E-state index in [0.29, 0.717) is 11.8 Å². The molecule has 0 aliphatic carbocycles. The van der Waals surface area contributed by atoms with Gasteiger partial charge in [0.05, 0.1) is 0 Å². The number of hydrazine groups is 1. The zero-order valence-corrected chi connectivity index (χ0v) is 17.4. The predicted molar refractivity (Wildman–Crippen MR) is 111 cm³/mol. The number of unbranched alkanes of at least 4 members (excludes halogenated alkanes) is 1. The third kappa shape index (κ3) is 8.51. The summed E-state index contributed by atoms with van der Waals surface area (Å²) in [5, 5.41) is 0. The van der Waals surface area contributed by atoms with Crippen LogP contribution in [0.5, 0.6) is 0 Å². The van der Waals surface area contributed by atoms with E-state index >= 15 is 0 Å². The average Bonchev–Trinajstić information content (AvgIpc) is 2.99. The molecule has 0 radical (unpaired) electrons. The fourth-order valence-corrected chi connectivity index (χ4v) is 3.45. The van der Waals surface area contributed by atoms with Gasteiger partial charge < -0.3 is 15.8 Å². The molecule has 2 atom stereocenters. The lowest BCUT2D eigenvalue weighted by Crippen LogP contribution is -2.34. The summed E-state index contributed by atoms with van der Waals surface area (Å²) in [5.74, 6) is 1.15. The number of allylic oxidation sites excluding steroid dienone is 2. The Morgan fingerprint density at radius 3 is 2.48 bits per heavy atom. The van der Waals surface area contributed by atoms with Crippen LogP contribution in [0.1, 0.15) is 73.1 Å². The van der Waals surface area contributed by atoms with Gasteiger partial charge in [0, 0.05) is 36.1 Å². The highest BCUT2D eigenvalue weighted by Crippen LogP contribution is 2.30. The molecular formula is C22H41N3. The smallest absolute Gasteiger partial charge is 0.0291 e. The van der Waals surface area contributed by atoms with Crippen LogP contribution in [-0.2, 0) is 0 Å². The molecule has 0 bridgehead atoms. The number of nitrogens with zero attached hydrogens (tertiary/aromatic N) is 1. The van der Waals surface area contributed by atoms with Crippen LogP contribution in [0.3, 0.4) is 0 Å². The first-order chi connectivity index (χ1) is 11.6. The molecule has 0 amide bonds. The Morgan fingerprint density at radius 2 is 1.88 bits per heavy atom. The van der Waals surface area contributed by atoms with E-state index in [9.17, 15) is 0 Å². The molecule has 1 rings (SSSR count). The number of hydrogen-bond acceptors (Lipinski definition) is 3. The maximum atomic E-state index is 4.29. The van der Waals surface area contributed by atoms with Crippen LogP contribution in [-0.4, -0.2) is 18.0 Å². The van der Waals surface area contributed by atoms with E-state index in [2.05, 4.69) is 70.1 Å². The van der Waals surface area contributed by atoms with Crippen molar-refractivity contribution in [1.82, 2.24) is 15.8 Å². The van der Waals surface area contributed by atoms with Crippen LogP contribution in [0.25, 0.3) is 0 Å². The lowest BCUT2D eigenvalue weighted by molar-refractivity contribution is 0.323. The molecule has 0 spiro atoms. The minimum atomic E-state index is 0.290. The maximum Gasteiger partial charge on any atom is 0.0291 e. The SMILES string of the molecule is C=C(CC(C)CCCC)NNC(=C)C1CCN(C(=C)CC(C)(C)C)C1. The Labute approximate surface area is 156 Å². The summed E-state index contributed by atoms with van der Waals surface area (Å²) < 4.78 is 0. The van der Waals surface area contributed by atoms with Gasteiger partial charge >= 0.3 is 0 Å². The number of likely N-dealkylation sites (tertiary alicyclic amines) is 1.